The van der Waals surface area contributed by atoms with E-state index >= 15 is 4.79 Å². The average molecular weight is 1510 g/mol. The number of benzene rings is 7. The number of anilines is 2. The Labute approximate surface area is 618 Å². The first-order chi connectivity index (χ1) is 51.6. The lowest BCUT2D eigenvalue weighted by Crippen LogP contribution is -2.71. The fourth-order valence-electron chi connectivity index (χ4n) is 11.5. The molecule has 2 aliphatic heterocycles. The van der Waals surface area contributed by atoms with Crippen LogP contribution in [0.5, 0.6) is 23.0 Å². The van der Waals surface area contributed by atoms with Crippen molar-refractivity contribution >= 4 is 47.4 Å². The van der Waals surface area contributed by atoms with Gasteiger partial charge in [-0.3, -0.25) is 4.79 Å². The molecule has 4 unspecified atom stereocenters. The Hall–Kier alpha value is -10.5. The van der Waals surface area contributed by atoms with E-state index in [1.165, 1.54) is 64.8 Å². The molecule has 31 heteroatoms. The predicted octanol–water partition coefficient (Wildman–Crippen LogP) is 12.1. The molecule has 108 heavy (non-hydrogen) atoms. The van der Waals surface area contributed by atoms with E-state index in [0.29, 0.717) is 57.4 Å². The Morgan fingerprint density at radius 2 is 0.972 bits per heavy atom. The molecule has 6 N–H and O–H groups in total. The van der Waals surface area contributed by atoms with Crippen LogP contribution in [0.4, 0.5) is 52.1 Å². The van der Waals surface area contributed by atoms with E-state index in [1.807, 2.05) is 0 Å². The zero-order valence-electron chi connectivity index (χ0n) is 59.9. The number of ether oxygens (including phenoxy) is 13. The van der Waals surface area contributed by atoms with Gasteiger partial charge in [0.1, 0.15) is 71.2 Å². The second-order valence-corrected chi connectivity index (χ2v) is 25.9. The second-order valence-electron chi connectivity index (χ2n) is 25.9. The summed E-state index contributed by atoms with van der Waals surface area (Å²) in [6.07, 6.45) is -21.1. The van der Waals surface area contributed by atoms with E-state index in [0.717, 1.165) is 24.3 Å². The van der Waals surface area contributed by atoms with Gasteiger partial charge in [0, 0.05) is 17.8 Å². The maximum atomic E-state index is 15.1. The first kappa shape index (κ1) is 81.5. The van der Waals surface area contributed by atoms with E-state index in [2.05, 4.69) is 31.9 Å². The summed E-state index contributed by atoms with van der Waals surface area (Å²) in [5.41, 5.74) is -1.49. The molecule has 0 spiro atoms. The number of hydrogen-bond acceptors (Lipinski definition) is 19. The maximum Gasteiger partial charge on any atom is 0.416 e. The highest BCUT2D eigenvalue weighted by Gasteiger charge is 2.53. The minimum absolute atomic E-state index is 0.0234. The van der Waals surface area contributed by atoms with Crippen molar-refractivity contribution in [1.82, 2.24) is 21.3 Å². The van der Waals surface area contributed by atoms with Gasteiger partial charge >= 0.3 is 42.4 Å². The average Bonchev–Trinajstić information content (AvgIpc) is 0.769. The number of alkyl carbamates (subject to hydrolysis) is 1. The van der Waals surface area contributed by atoms with Gasteiger partial charge in [-0.15, -0.1) is 0 Å². The van der Waals surface area contributed by atoms with E-state index in [1.54, 1.807) is 124 Å². The minimum atomic E-state index is -4.85. The van der Waals surface area contributed by atoms with Crippen molar-refractivity contribution in [2.45, 2.75) is 139 Å². The van der Waals surface area contributed by atoms with Crippen LogP contribution in [-0.2, 0) is 91.0 Å². The first-order valence-corrected chi connectivity index (χ1v) is 34.1. The monoisotopic (exact) mass is 1510 g/mol. The highest BCUT2D eigenvalue weighted by molar-refractivity contribution is 5.99. The van der Waals surface area contributed by atoms with Gasteiger partial charge in [-0.1, -0.05) is 78.9 Å². The Balaban J connectivity index is 1.17. The molecule has 7 aromatic carbocycles. The summed E-state index contributed by atoms with van der Waals surface area (Å²) in [5.74, 6) is -1.19. The second kappa shape index (κ2) is 38.3. The fourth-order valence-corrected chi connectivity index (χ4v) is 11.5. The summed E-state index contributed by atoms with van der Waals surface area (Å²) in [4.78, 5) is 85.3. The minimum Gasteiger partial charge on any atom is -0.497 e. The summed E-state index contributed by atoms with van der Waals surface area (Å²) in [6.45, 7) is 2.85. The Bertz CT molecular complexity index is 4080. The van der Waals surface area contributed by atoms with Crippen LogP contribution in [0.25, 0.3) is 0 Å². The number of carbonyl (C=O) groups is 6. The molecule has 0 radical (unpaired) electrons. The van der Waals surface area contributed by atoms with E-state index in [9.17, 15) is 50.3 Å². The molecule has 2 heterocycles. The highest BCUT2D eigenvalue weighted by Crippen LogP contribution is 2.36. The number of rotatable bonds is 31. The third kappa shape index (κ3) is 24.5. The molecular formula is C77H84F6N6O19. The van der Waals surface area contributed by atoms with Gasteiger partial charge in [0.2, 0.25) is 5.91 Å². The largest absolute Gasteiger partial charge is 0.497 e. The number of amides is 6. The molecule has 0 bridgehead atoms. The number of nitrogens with one attached hydrogen (secondary N) is 6. The van der Waals surface area contributed by atoms with E-state index < -0.39 is 146 Å². The summed E-state index contributed by atoms with van der Waals surface area (Å²) >= 11 is 0. The molecule has 578 valence electrons. The van der Waals surface area contributed by atoms with Gasteiger partial charge < -0.3 is 93.5 Å². The van der Waals surface area contributed by atoms with Crippen LogP contribution in [0, 0.1) is 0 Å². The molecule has 10 atom stereocenters. The van der Waals surface area contributed by atoms with Crippen LogP contribution >= 0.6 is 0 Å². The summed E-state index contributed by atoms with van der Waals surface area (Å²) in [6, 6.07) is 33.6. The maximum absolute atomic E-state index is 15.1. The predicted molar refractivity (Wildman–Crippen MR) is 378 cm³/mol. The normalized spacial score (nSPS) is 19.6. The molecule has 2 fully saturated rings. The Kier molecular flexibility index (Phi) is 28.9. The van der Waals surface area contributed by atoms with Crippen molar-refractivity contribution < 1.29 is 117 Å². The lowest BCUT2D eigenvalue weighted by atomic mass is 9.93. The number of urea groups is 2. The van der Waals surface area contributed by atoms with Crippen LogP contribution in [-0.4, -0.2) is 151 Å². The molecule has 0 aliphatic carbocycles. The lowest BCUT2D eigenvalue weighted by Gasteiger charge is -2.49. The molecule has 6 amide bonds. The number of alkyl halides is 6. The third-order valence-electron chi connectivity index (χ3n) is 16.9. The van der Waals surface area contributed by atoms with Gasteiger partial charge in [-0.25, -0.2) is 24.0 Å². The molecule has 2 saturated heterocycles. The highest BCUT2D eigenvalue weighted by atomic mass is 19.4. The molecule has 9 rings (SSSR count). The van der Waals surface area contributed by atoms with Crippen LogP contribution in [0.3, 0.4) is 0 Å². The van der Waals surface area contributed by atoms with Crippen molar-refractivity contribution in [3.05, 3.63) is 215 Å². The van der Waals surface area contributed by atoms with Crippen LogP contribution < -0.4 is 50.8 Å². The zero-order chi connectivity index (χ0) is 77.5. The van der Waals surface area contributed by atoms with Crippen LogP contribution in [0.2, 0.25) is 0 Å². The molecule has 25 nitrogen and oxygen atoms in total. The summed E-state index contributed by atoms with van der Waals surface area (Å²) in [5, 5.41) is 15.7. The molecular weight excluding hydrogens is 1430 g/mol. The number of esters is 2. The topological polar surface area (TPSA) is 295 Å². The van der Waals surface area contributed by atoms with Gasteiger partial charge in [-0.2, -0.15) is 26.3 Å². The van der Waals surface area contributed by atoms with Gasteiger partial charge in [0.05, 0.1) is 103 Å². The third-order valence-corrected chi connectivity index (χ3v) is 16.9. The van der Waals surface area contributed by atoms with Crippen molar-refractivity contribution in [2.75, 3.05) is 58.9 Å². The summed E-state index contributed by atoms with van der Waals surface area (Å²) < 4.78 is 165. The molecule has 0 aromatic heterocycles. The van der Waals surface area contributed by atoms with Crippen molar-refractivity contribution in [1.29, 1.82) is 0 Å². The Morgan fingerprint density at radius 3 is 1.44 bits per heavy atom. The van der Waals surface area contributed by atoms with Crippen molar-refractivity contribution in [2.24, 2.45) is 0 Å². The smallest absolute Gasteiger partial charge is 0.416 e. The Morgan fingerprint density at radius 1 is 0.509 bits per heavy atom. The number of hydrogen-bond donors (Lipinski definition) is 6. The quantitative estimate of drug-likeness (QED) is 0.0134. The first-order valence-electron chi connectivity index (χ1n) is 34.1. The lowest BCUT2D eigenvalue weighted by molar-refractivity contribution is -0.309. The molecule has 0 saturated carbocycles. The molecule has 2 aliphatic rings. The summed E-state index contributed by atoms with van der Waals surface area (Å²) in [7, 11) is 5.96. The zero-order valence-corrected chi connectivity index (χ0v) is 59.9. The van der Waals surface area contributed by atoms with Gasteiger partial charge in [0.25, 0.3) is 0 Å². The standard InChI is InChI=1S/C77H84F6N6O19/c1-75(2,3)108-74(95)87-59(70(92)107-69(91)50-13-9-8-10-14-50)35-36-63(90)88-64-61(44-100-39-46-19-27-55(96-4)28-20-46)102-43-60(86-72(93)84-53-17-11-15-51(37-53)76(78,79)80)66(64)106-71-65(89-73(94)85-54-18-12-16-52(38-54)77(81,82)83)68(104-42-49-25-33-58(99-7)34-26-49)67(103-41-48-23-31-57(98-6)32-24-48)62(105-71)45-101-40-47-21-29-56(97-5)30-22-47/h8-34,37-38,59-62,64-68,71H,35-36,39-45H2,1-7H3,(H,87,95)(H,88,90)(H2,84,86,93)(H2,85,89,94)/t59-,60?,61?,62?,64-,65?,66+,67-,68+,71-/m0/s1. The fraction of sp³-hybridized carbons (Fsp3) is 0.377. The number of halogens is 6. The van der Waals surface area contributed by atoms with Gasteiger partial charge in [0.15, 0.2) is 6.29 Å². The molecule has 7 aromatic rings. The van der Waals surface area contributed by atoms with Crippen LogP contribution in [0.15, 0.2) is 176 Å². The van der Waals surface area contributed by atoms with E-state index in [4.69, 9.17) is 61.6 Å². The van der Waals surface area contributed by atoms with Gasteiger partial charge in [-0.05, 0) is 147 Å². The van der Waals surface area contributed by atoms with E-state index in [-0.39, 0.29) is 56.6 Å². The van der Waals surface area contributed by atoms with Crippen molar-refractivity contribution in [3.63, 3.8) is 0 Å². The number of carbonyl (C=O) groups excluding carboxylic acids is 6. The van der Waals surface area contributed by atoms with Crippen LogP contribution in [0.1, 0.15) is 77.4 Å². The number of methoxy groups -OCH3 is 4. The SMILES string of the molecule is COc1ccc(COCC2OCC(NC(=O)Nc3cccc(C(F)(F)F)c3)[C@@H](O[C@@H]3OC(COCc4ccc(OC)cc4)[C@H](OCc4ccc(OC)cc4)[C@H](OCc4ccc(OC)cc4)C3NC(=O)Nc3cccc(C(F)(F)F)c3)[C@H]2NC(=O)CC[C@H](NC(=O)OC(C)(C)C)C(=O)OC(=O)c2ccccc2)cc1. The van der Waals surface area contributed by atoms with Crippen molar-refractivity contribution in [3.8, 4) is 23.0 Å².